The van der Waals surface area contributed by atoms with E-state index >= 15 is 0 Å². The Labute approximate surface area is 129 Å². The number of aliphatic hydroxyl groups excluding tert-OH is 1. The van der Waals surface area contributed by atoms with Crippen LogP contribution in [0.2, 0.25) is 0 Å². The number of carbonyl (C=O) groups excluding carboxylic acids is 1. The lowest BCUT2D eigenvalue weighted by Crippen LogP contribution is -2.53. The van der Waals surface area contributed by atoms with Gasteiger partial charge in [0.15, 0.2) is 5.78 Å². The number of rotatable bonds is 4. The van der Waals surface area contributed by atoms with Crippen LogP contribution in [0.3, 0.4) is 0 Å². The predicted octanol–water partition coefficient (Wildman–Crippen LogP) is 2.43. The summed E-state index contributed by atoms with van der Waals surface area (Å²) in [4.78, 5) is 14.1. The Balaban J connectivity index is 0.000000956. The van der Waals surface area contributed by atoms with Gasteiger partial charge in [0.05, 0.1) is 12.6 Å². The van der Waals surface area contributed by atoms with Gasteiger partial charge in [0, 0.05) is 59.0 Å². The monoisotopic (exact) mass is 318 g/mol. The molecule has 1 unspecified atom stereocenters. The maximum atomic E-state index is 12.0. The number of hydrogen-bond donors (Lipinski definition) is 2. The molecule has 6 heteroatoms. The highest BCUT2D eigenvalue weighted by atomic mass is 36.5. The molecule has 1 heterocycles. The molecule has 2 N–H and O–H groups in total. The number of nitrogens with zero attached hydrogens (tertiary/aromatic N) is 1. The summed E-state index contributed by atoms with van der Waals surface area (Å²) in [6.07, 6.45) is 0.507. The van der Waals surface area contributed by atoms with E-state index < -0.39 is 0 Å². The molecule has 0 spiro atoms. The van der Waals surface area contributed by atoms with Gasteiger partial charge < -0.3 is 15.3 Å². The number of ketones is 1. The molecular formula is C14H20Cl2N2O2. The molecule has 112 valence electrons. The molecule has 1 atom stereocenters. The standard InChI is InChI=1S/C14H20N2O2.Cl2/c1-2-14(18)12-5-3-4-6-13(12)16-8-7-15-9-11(16)10-17;1-2/h3-6,11,15,17H,2,7-10H2,1H3;. The smallest absolute Gasteiger partial charge is 0.164 e. The topological polar surface area (TPSA) is 52.6 Å². The van der Waals surface area contributed by atoms with Crippen molar-refractivity contribution in [1.29, 1.82) is 0 Å². The zero-order valence-corrected chi connectivity index (χ0v) is 13.0. The molecule has 0 radical (unpaired) electrons. The average molecular weight is 319 g/mol. The van der Waals surface area contributed by atoms with Crippen molar-refractivity contribution in [3.63, 3.8) is 0 Å². The lowest BCUT2D eigenvalue weighted by Gasteiger charge is -2.37. The third-order valence-corrected chi connectivity index (χ3v) is 3.40. The first-order valence-electron chi connectivity index (χ1n) is 6.62. The zero-order valence-electron chi connectivity index (χ0n) is 11.5. The highest BCUT2D eigenvalue weighted by Gasteiger charge is 2.24. The van der Waals surface area contributed by atoms with Crippen LogP contribution >= 0.6 is 21.7 Å². The lowest BCUT2D eigenvalue weighted by atomic mass is 10.0. The van der Waals surface area contributed by atoms with Crippen LogP contribution in [0.25, 0.3) is 0 Å². The van der Waals surface area contributed by atoms with E-state index in [0.29, 0.717) is 6.42 Å². The van der Waals surface area contributed by atoms with Gasteiger partial charge in [0.1, 0.15) is 0 Å². The normalized spacial score (nSPS) is 18.2. The van der Waals surface area contributed by atoms with E-state index in [-0.39, 0.29) is 18.4 Å². The first-order chi connectivity index (χ1) is 9.77. The summed E-state index contributed by atoms with van der Waals surface area (Å²) in [6, 6.07) is 7.72. The van der Waals surface area contributed by atoms with E-state index in [2.05, 4.69) is 31.9 Å². The molecule has 1 aliphatic heterocycles. The molecule has 0 amide bonds. The molecule has 1 saturated heterocycles. The summed E-state index contributed by atoms with van der Waals surface area (Å²) in [7, 11) is 8.22. The van der Waals surface area contributed by atoms with Gasteiger partial charge in [-0.15, -0.1) is 0 Å². The molecule has 1 aromatic rings. The first-order valence-corrected chi connectivity index (χ1v) is 7.77. The van der Waals surface area contributed by atoms with Crippen molar-refractivity contribution in [3.05, 3.63) is 29.8 Å². The van der Waals surface area contributed by atoms with Gasteiger partial charge in [-0.3, -0.25) is 4.79 Å². The fourth-order valence-corrected chi connectivity index (χ4v) is 2.39. The van der Waals surface area contributed by atoms with Crippen molar-refractivity contribution in [1.82, 2.24) is 5.32 Å². The zero-order chi connectivity index (χ0) is 15.0. The molecular weight excluding hydrogens is 299 g/mol. The molecule has 0 aromatic heterocycles. The predicted molar refractivity (Wildman–Crippen MR) is 83.9 cm³/mol. The Kier molecular flexibility index (Phi) is 7.92. The highest BCUT2D eigenvalue weighted by molar-refractivity contribution is 6.85. The highest BCUT2D eigenvalue weighted by Crippen LogP contribution is 2.24. The summed E-state index contributed by atoms with van der Waals surface area (Å²) in [5.74, 6) is 0.154. The van der Waals surface area contributed by atoms with E-state index in [4.69, 9.17) is 0 Å². The second kappa shape index (κ2) is 9.19. The summed E-state index contributed by atoms with van der Waals surface area (Å²) < 4.78 is 0. The molecule has 2 rings (SSSR count). The van der Waals surface area contributed by atoms with Gasteiger partial charge in [0.25, 0.3) is 0 Å². The number of piperazine rings is 1. The van der Waals surface area contributed by atoms with Crippen molar-refractivity contribution in [2.45, 2.75) is 19.4 Å². The van der Waals surface area contributed by atoms with Crippen molar-refractivity contribution >= 4 is 33.2 Å². The number of anilines is 1. The fourth-order valence-electron chi connectivity index (χ4n) is 2.39. The molecule has 20 heavy (non-hydrogen) atoms. The second-order valence-corrected chi connectivity index (χ2v) is 4.53. The minimum absolute atomic E-state index is 0.0459. The molecule has 4 nitrogen and oxygen atoms in total. The first kappa shape index (κ1) is 17.2. The second-order valence-electron chi connectivity index (χ2n) is 4.53. The van der Waals surface area contributed by atoms with Gasteiger partial charge in [-0.25, -0.2) is 0 Å². The van der Waals surface area contributed by atoms with Gasteiger partial charge >= 0.3 is 0 Å². The van der Waals surface area contributed by atoms with Gasteiger partial charge in [0.2, 0.25) is 0 Å². The number of carbonyl (C=O) groups is 1. The van der Waals surface area contributed by atoms with Crippen LogP contribution in [0.1, 0.15) is 23.7 Å². The average Bonchev–Trinajstić information content (AvgIpc) is 2.56. The summed E-state index contributed by atoms with van der Waals surface area (Å²) in [6.45, 7) is 4.43. The lowest BCUT2D eigenvalue weighted by molar-refractivity contribution is 0.0988. The number of halogens is 2. The van der Waals surface area contributed by atoms with E-state index in [9.17, 15) is 9.90 Å². The number of nitrogens with one attached hydrogen (secondary N) is 1. The quantitative estimate of drug-likeness (QED) is 0.837. The van der Waals surface area contributed by atoms with Crippen LogP contribution in [-0.4, -0.2) is 43.2 Å². The minimum atomic E-state index is 0.0459. The van der Waals surface area contributed by atoms with Crippen molar-refractivity contribution in [3.8, 4) is 0 Å². The van der Waals surface area contributed by atoms with E-state index in [0.717, 1.165) is 30.9 Å². The maximum absolute atomic E-state index is 12.0. The number of benzene rings is 1. The molecule has 1 aliphatic rings. The minimum Gasteiger partial charge on any atom is -0.394 e. The van der Waals surface area contributed by atoms with Gasteiger partial charge in [-0.2, -0.15) is 0 Å². The van der Waals surface area contributed by atoms with Crippen LogP contribution in [0.15, 0.2) is 24.3 Å². The number of aliphatic hydroxyl groups is 1. The maximum Gasteiger partial charge on any atom is 0.164 e. The van der Waals surface area contributed by atoms with Crippen LogP contribution < -0.4 is 10.2 Å². The number of hydrogen-bond acceptors (Lipinski definition) is 4. The van der Waals surface area contributed by atoms with Crippen LogP contribution in [0.4, 0.5) is 5.69 Å². The van der Waals surface area contributed by atoms with Gasteiger partial charge in [-0.1, -0.05) is 19.1 Å². The van der Waals surface area contributed by atoms with Crippen molar-refractivity contribution in [2.24, 2.45) is 0 Å². The van der Waals surface area contributed by atoms with E-state index in [1.807, 2.05) is 31.2 Å². The fraction of sp³-hybridized carbons (Fsp3) is 0.500. The Hall–Kier alpha value is -0.810. The van der Waals surface area contributed by atoms with Crippen LogP contribution in [-0.2, 0) is 0 Å². The molecule has 1 aromatic carbocycles. The Morgan fingerprint density at radius 2 is 2.15 bits per heavy atom. The SMILES string of the molecule is CCC(=O)c1ccccc1N1CCNCC1CO.ClCl. The largest absolute Gasteiger partial charge is 0.394 e. The molecule has 1 fully saturated rings. The van der Waals surface area contributed by atoms with Crippen LogP contribution in [0.5, 0.6) is 0 Å². The number of Topliss-reactive ketones (excluding diaryl/α,β-unsaturated/α-hetero) is 1. The van der Waals surface area contributed by atoms with E-state index in [1.54, 1.807) is 0 Å². The summed E-state index contributed by atoms with van der Waals surface area (Å²) in [5.41, 5.74) is 1.71. The number of para-hydroxylation sites is 1. The van der Waals surface area contributed by atoms with Crippen LogP contribution in [0, 0.1) is 0 Å². The summed E-state index contributed by atoms with van der Waals surface area (Å²) in [5, 5.41) is 12.7. The molecule has 0 aliphatic carbocycles. The Morgan fingerprint density at radius 3 is 2.80 bits per heavy atom. The summed E-state index contributed by atoms with van der Waals surface area (Å²) >= 11 is 0. The molecule has 0 bridgehead atoms. The Bertz CT molecular complexity index is 429. The third-order valence-electron chi connectivity index (χ3n) is 3.40. The third kappa shape index (κ3) is 4.09. The molecule has 0 saturated carbocycles. The van der Waals surface area contributed by atoms with E-state index in [1.165, 1.54) is 0 Å². The van der Waals surface area contributed by atoms with Gasteiger partial charge in [-0.05, 0) is 12.1 Å². The van der Waals surface area contributed by atoms with Crippen molar-refractivity contribution in [2.75, 3.05) is 31.1 Å². The Morgan fingerprint density at radius 1 is 1.45 bits per heavy atom. The van der Waals surface area contributed by atoms with Crippen molar-refractivity contribution < 1.29 is 9.90 Å².